The fourth-order valence-electron chi connectivity index (χ4n) is 1.85. The van der Waals surface area contributed by atoms with Gasteiger partial charge >= 0.3 is 0 Å². The summed E-state index contributed by atoms with van der Waals surface area (Å²) in [5.41, 5.74) is 0.777. The fraction of sp³-hybridized carbons (Fsp3) is 0.417. The summed E-state index contributed by atoms with van der Waals surface area (Å²) in [5, 5.41) is 17.1. The van der Waals surface area contributed by atoms with Gasteiger partial charge in [-0.05, 0) is 37.2 Å². The van der Waals surface area contributed by atoms with Gasteiger partial charge in [0.15, 0.2) is 5.11 Å². The molecule has 1 saturated heterocycles. The lowest BCUT2D eigenvalue weighted by atomic mass is 10.2. The minimum absolute atomic E-state index is 0.0591. The number of nitrogens with one attached hydrogen (secondary N) is 2. The van der Waals surface area contributed by atoms with E-state index >= 15 is 0 Å². The van der Waals surface area contributed by atoms with Gasteiger partial charge in [-0.2, -0.15) is 0 Å². The molecule has 102 valence electrons. The van der Waals surface area contributed by atoms with Crippen molar-refractivity contribution in [3.05, 3.63) is 34.4 Å². The van der Waals surface area contributed by atoms with Crippen LogP contribution < -0.4 is 10.6 Å². The van der Waals surface area contributed by atoms with Crippen molar-refractivity contribution in [2.45, 2.75) is 18.9 Å². The minimum atomic E-state index is -0.433. The lowest BCUT2D eigenvalue weighted by Crippen LogP contribution is -2.34. The van der Waals surface area contributed by atoms with Crippen molar-refractivity contribution in [3.63, 3.8) is 0 Å². The van der Waals surface area contributed by atoms with Crippen LogP contribution in [0.2, 0.25) is 0 Å². The first-order valence-corrected chi connectivity index (χ1v) is 6.47. The lowest BCUT2D eigenvalue weighted by molar-refractivity contribution is -0.384. The maximum Gasteiger partial charge on any atom is 0.269 e. The molecule has 0 radical (unpaired) electrons. The number of nitrogens with zero attached hydrogens (tertiary/aromatic N) is 1. The van der Waals surface area contributed by atoms with E-state index in [0.29, 0.717) is 11.7 Å². The Morgan fingerprint density at radius 2 is 2.21 bits per heavy atom. The lowest BCUT2D eigenvalue weighted by Gasteiger charge is -2.13. The number of ether oxygens (including phenoxy) is 1. The van der Waals surface area contributed by atoms with Crippen LogP contribution in [0.5, 0.6) is 0 Å². The summed E-state index contributed by atoms with van der Waals surface area (Å²) in [4.78, 5) is 10.1. The zero-order valence-corrected chi connectivity index (χ0v) is 11.1. The number of nitro benzene ring substituents is 1. The Hall–Kier alpha value is -1.73. The van der Waals surface area contributed by atoms with Crippen LogP contribution in [0.4, 0.5) is 11.4 Å². The zero-order chi connectivity index (χ0) is 13.7. The molecule has 7 heteroatoms. The second-order valence-electron chi connectivity index (χ2n) is 4.27. The molecule has 2 rings (SSSR count). The van der Waals surface area contributed by atoms with Crippen LogP contribution in [0.15, 0.2) is 24.3 Å². The first-order chi connectivity index (χ1) is 9.15. The van der Waals surface area contributed by atoms with Gasteiger partial charge in [-0.25, -0.2) is 0 Å². The van der Waals surface area contributed by atoms with E-state index < -0.39 is 4.92 Å². The Kier molecular flexibility index (Phi) is 4.64. The first kappa shape index (κ1) is 13.7. The third-order valence-corrected chi connectivity index (χ3v) is 3.10. The first-order valence-electron chi connectivity index (χ1n) is 6.06. The topological polar surface area (TPSA) is 76.4 Å². The molecule has 0 aliphatic carbocycles. The van der Waals surface area contributed by atoms with Crippen LogP contribution in [0, 0.1) is 10.1 Å². The van der Waals surface area contributed by atoms with Crippen molar-refractivity contribution in [3.8, 4) is 0 Å². The summed E-state index contributed by atoms with van der Waals surface area (Å²) in [6, 6.07) is 6.12. The Labute approximate surface area is 116 Å². The zero-order valence-electron chi connectivity index (χ0n) is 10.3. The van der Waals surface area contributed by atoms with Gasteiger partial charge < -0.3 is 15.4 Å². The predicted octanol–water partition coefficient (Wildman–Crippen LogP) is 2.06. The van der Waals surface area contributed by atoms with Gasteiger partial charge in [0.05, 0.1) is 11.0 Å². The molecule has 0 spiro atoms. The van der Waals surface area contributed by atoms with E-state index in [1.165, 1.54) is 12.1 Å². The van der Waals surface area contributed by atoms with Crippen molar-refractivity contribution >= 4 is 28.7 Å². The largest absolute Gasteiger partial charge is 0.376 e. The SMILES string of the molecule is O=[N+]([O-])c1ccc(NC(=S)NCC2CCCO2)cc1. The van der Waals surface area contributed by atoms with E-state index in [-0.39, 0.29) is 11.8 Å². The van der Waals surface area contributed by atoms with Gasteiger partial charge in [-0.1, -0.05) is 0 Å². The summed E-state index contributed by atoms with van der Waals surface area (Å²) >= 11 is 5.14. The van der Waals surface area contributed by atoms with E-state index in [0.717, 1.165) is 25.1 Å². The van der Waals surface area contributed by atoms with Crippen molar-refractivity contribution in [2.24, 2.45) is 0 Å². The predicted molar refractivity (Wildman–Crippen MR) is 76.3 cm³/mol. The third-order valence-electron chi connectivity index (χ3n) is 2.85. The normalized spacial score (nSPS) is 18.0. The highest BCUT2D eigenvalue weighted by Gasteiger charge is 2.15. The molecule has 1 aliphatic heterocycles. The Balaban J connectivity index is 1.79. The van der Waals surface area contributed by atoms with Crippen LogP contribution in [-0.2, 0) is 4.74 Å². The van der Waals surface area contributed by atoms with Crippen LogP contribution in [-0.4, -0.2) is 29.3 Å². The van der Waals surface area contributed by atoms with Crippen molar-refractivity contribution in [1.82, 2.24) is 5.32 Å². The number of anilines is 1. The van der Waals surface area contributed by atoms with Crippen LogP contribution in [0.1, 0.15) is 12.8 Å². The molecule has 0 saturated carbocycles. The van der Waals surface area contributed by atoms with Gasteiger partial charge in [-0.15, -0.1) is 0 Å². The average molecular weight is 281 g/mol. The molecule has 0 amide bonds. The molecule has 0 bridgehead atoms. The summed E-state index contributed by atoms with van der Waals surface area (Å²) in [6.45, 7) is 1.49. The maximum atomic E-state index is 10.5. The standard InChI is InChI=1S/C12H15N3O3S/c16-15(17)10-5-3-9(4-6-10)14-12(19)13-8-11-2-1-7-18-11/h3-6,11H,1-2,7-8H2,(H2,13,14,19). The quantitative estimate of drug-likeness (QED) is 0.500. The number of benzene rings is 1. The van der Waals surface area contributed by atoms with E-state index in [9.17, 15) is 10.1 Å². The van der Waals surface area contributed by atoms with Crippen LogP contribution >= 0.6 is 12.2 Å². The molecule has 0 aromatic heterocycles. The molecule has 1 aromatic rings. The van der Waals surface area contributed by atoms with Crippen LogP contribution in [0.3, 0.4) is 0 Å². The van der Waals surface area contributed by atoms with Crippen molar-refractivity contribution in [2.75, 3.05) is 18.5 Å². The molecule has 1 atom stereocenters. The average Bonchev–Trinajstić information content (AvgIpc) is 2.90. The molecule has 19 heavy (non-hydrogen) atoms. The summed E-state index contributed by atoms with van der Waals surface area (Å²) in [6.07, 6.45) is 2.36. The fourth-order valence-corrected chi connectivity index (χ4v) is 2.05. The van der Waals surface area contributed by atoms with E-state index in [4.69, 9.17) is 17.0 Å². The Bertz CT molecular complexity index is 458. The van der Waals surface area contributed by atoms with Gasteiger partial charge in [0.1, 0.15) is 0 Å². The highest BCUT2D eigenvalue weighted by molar-refractivity contribution is 7.80. The monoisotopic (exact) mass is 281 g/mol. The number of hydrogen-bond acceptors (Lipinski definition) is 4. The summed E-state index contributed by atoms with van der Waals surface area (Å²) in [5.74, 6) is 0. The van der Waals surface area contributed by atoms with E-state index in [1.54, 1.807) is 12.1 Å². The molecule has 2 N–H and O–H groups in total. The van der Waals surface area contributed by atoms with Gasteiger partial charge in [0.25, 0.3) is 5.69 Å². The molecular weight excluding hydrogens is 266 g/mol. The van der Waals surface area contributed by atoms with E-state index in [1.807, 2.05) is 0 Å². The number of non-ortho nitro benzene ring substituents is 1. The summed E-state index contributed by atoms with van der Waals surface area (Å²) in [7, 11) is 0. The molecule has 1 aliphatic rings. The summed E-state index contributed by atoms with van der Waals surface area (Å²) < 4.78 is 5.47. The Morgan fingerprint density at radius 1 is 1.47 bits per heavy atom. The molecule has 6 nitrogen and oxygen atoms in total. The maximum absolute atomic E-state index is 10.5. The van der Waals surface area contributed by atoms with Crippen LogP contribution in [0.25, 0.3) is 0 Å². The number of thiocarbonyl (C=S) groups is 1. The molecule has 1 fully saturated rings. The highest BCUT2D eigenvalue weighted by atomic mass is 32.1. The smallest absolute Gasteiger partial charge is 0.269 e. The molecule has 1 unspecified atom stereocenters. The molecule has 1 aromatic carbocycles. The Morgan fingerprint density at radius 3 is 2.79 bits per heavy atom. The van der Waals surface area contributed by atoms with Crippen molar-refractivity contribution in [1.29, 1.82) is 0 Å². The minimum Gasteiger partial charge on any atom is -0.376 e. The number of hydrogen-bond donors (Lipinski definition) is 2. The number of rotatable bonds is 4. The van der Waals surface area contributed by atoms with Gasteiger partial charge in [0.2, 0.25) is 0 Å². The van der Waals surface area contributed by atoms with Gasteiger partial charge in [0, 0.05) is 31.0 Å². The van der Waals surface area contributed by atoms with Crippen molar-refractivity contribution < 1.29 is 9.66 Å². The molecule has 1 heterocycles. The second-order valence-corrected chi connectivity index (χ2v) is 4.68. The third kappa shape index (κ3) is 4.15. The molecular formula is C12H15N3O3S. The van der Waals surface area contributed by atoms with E-state index in [2.05, 4.69) is 10.6 Å². The van der Waals surface area contributed by atoms with Gasteiger partial charge in [-0.3, -0.25) is 10.1 Å². The number of nitro groups is 1. The second kappa shape index (κ2) is 6.44. The highest BCUT2D eigenvalue weighted by Crippen LogP contribution is 2.15.